The minimum Gasteiger partial charge on any atom is -0.477 e. The number of ether oxygens (including phenoxy) is 3. The van der Waals surface area contributed by atoms with Gasteiger partial charge in [0.2, 0.25) is 0 Å². The fourth-order valence-corrected chi connectivity index (χ4v) is 7.62. The van der Waals surface area contributed by atoms with Crippen molar-refractivity contribution in [3.05, 3.63) is 85.1 Å². The van der Waals surface area contributed by atoms with E-state index < -0.39 is 18.1 Å². The molecule has 0 aliphatic rings. The molecule has 0 spiro atoms. The Kier molecular flexibility index (Phi) is 46.4. The van der Waals surface area contributed by atoms with Crippen molar-refractivity contribution in [2.45, 2.75) is 231 Å². The standard InChI is InChI=1S/C59H101NO7/c1-6-8-10-12-14-16-18-20-22-24-26-28-30-31-33-35-37-39-41-43-45-47-49-57(61)66-54-55(53-65-52-51-56(59(63)64)60(3,4)5)67-58(62)50-48-46-44-42-40-38-36-34-32-29-27-25-23-21-19-17-15-13-11-9-7-2/h8,10,14,16,20,22,26,28-29,31-33,37,39,55-56H,6-7,9,11-13,15,17-19,21,23-25,27,30,34-36,38,40-54H2,1-5H3/p+1/b10-8+,16-14+,22-20+,28-26+,32-29+,33-31+,39-37+. The molecule has 0 amide bonds. The maximum absolute atomic E-state index is 12.8. The number of likely N-dealkylation sites (N-methyl/N-ethyl adjacent to an activating group) is 1. The van der Waals surface area contributed by atoms with Crippen molar-refractivity contribution < 1.29 is 38.2 Å². The van der Waals surface area contributed by atoms with Crippen LogP contribution >= 0.6 is 0 Å². The lowest BCUT2D eigenvalue weighted by molar-refractivity contribution is -0.887. The molecule has 2 unspecified atom stereocenters. The van der Waals surface area contributed by atoms with E-state index in [4.69, 9.17) is 14.2 Å². The van der Waals surface area contributed by atoms with E-state index in [1.54, 1.807) is 0 Å². The van der Waals surface area contributed by atoms with E-state index in [9.17, 15) is 19.5 Å². The predicted molar refractivity (Wildman–Crippen MR) is 284 cm³/mol. The summed E-state index contributed by atoms with van der Waals surface area (Å²) in [5.74, 6) is -1.52. The summed E-state index contributed by atoms with van der Waals surface area (Å²) < 4.78 is 17.3. The van der Waals surface area contributed by atoms with Gasteiger partial charge in [0, 0.05) is 19.3 Å². The molecule has 0 saturated heterocycles. The van der Waals surface area contributed by atoms with Gasteiger partial charge in [-0.1, -0.05) is 195 Å². The number of carboxylic acids is 1. The highest BCUT2D eigenvalue weighted by atomic mass is 16.6. The molecule has 0 bridgehead atoms. The molecule has 0 aliphatic heterocycles. The Morgan fingerprint density at radius 1 is 0.463 bits per heavy atom. The van der Waals surface area contributed by atoms with Crippen LogP contribution in [0.1, 0.15) is 219 Å². The smallest absolute Gasteiger partial charge is 0.362 e. The molecule has 0 rings (SSSR count). The largest absolute Gasteiger partial charge is 0.477 e. The Labute approximate surface area is 412 Å². The number of nitrogens with zero attached hydrogens (tertiary/aromatic N) is 1. The van der Waals surface area contributed by atoms with Crippen LogP contribution < -0.4 is 0 Å². The van der Waals surface area contributed by atoms with Crippen molar-refractivity contribution in [1.82, 2.24) is 0 Å². The minimum absolute atomic E-state index is 0.0446. The third kappa shape index (κ3) is 47.4. The van der Waals surface area contributed by atoms with Crippen LogP contribution in [-0.4, -0.2) is 80.6 Å². The van der Waals surface area contributed by atoms with Gasteiger partial charge < -0.3 is 23.8 Å². The van der Waals surface area contributed by atoms with Crippen molar-refractivity contribution in [3.63, 3.8) is 0 Å². The summed E-state index contributed by atoms with van der Waals surface area (Å²) in [5, 5.41) is 9.67. The van der Waals surface area contributed by atoms with Crippen molar-refractivity contribution in [1.29, 1.82) is 0 Å². The van der Waals surface area contributed by atoms with Gasteiger partial charge >= 0.3 is 17.9 Å². The predicted octanol–water partition coefficient (Wildman–Crippen LogP) is 16.0. The summed E-state index contributed by atoms with van der Waals surface area (Å²) in [7, 11) is 5.52. The van der Waals surface area contributed by atoms with Crippen molar-refractivity contribution in [2.75, 3.05) is 41.0 Å². The van der Waals surface area contributed by atoms with Crippen molar-refractivity contribution in [2.24, 2.45) is 0 Å². The number of rotatable bonds is 48. The van der Waals surface area contributed by atoms with Crippen molar-refractivity contribution in [3.8, 4) is 0 Å². The summed E-state index contributed by atoms with van der Waals surface area (Å²) in [4.78, 5) is 37.2. The monoisotopic (exact) mass is 937 g/mol. The van der Waals surface area contributed by atoms with Crippen molar-refractivity contribution >= 4 is 17.9 Å². The second kappa shape index (κ2) is 48.9. The molecule has 8 heteroatoms. The first-order valence-corrected chi connectivity index (χ1v) is 27.1. The van der Waals surface area contributed by atoms with Crippen LogP contribution in [-0.2, 0) is 28.6 Å². The van der Waals surface area contributed by atoms with E-state index >= 15 is 0 Å². The first-order valence-electron chi connectivity index (χ1n) is 27.1. The zero-order valence-electron chi connectivity index (χ0n) is 43.8. The highest BCUT2D eigenvalue weighted by molar-refractivity contribution is 5.72. The number of carbonyl (C=O) groups is 3. The van der Waals surface area contributed by atoms with Gasteiger partial charge in [-0.15, -0.1) is 0 Å². The minimum atomic E-state index is -0.882. The van der Waals surface area contributed by atoms with Gasteiger partial charge in [0.1, 0.15) is 6.61 Å². The SMILES string of the molecule is CC/C=C/C/C=C/C/C=C/C/C=C/C/C=C/C/C=C/CCCCCC(=O)OCC(COCCC(C(=O)O)[N+](C)(C)C)OC(=O)CCCCCCCCC/C=C/CCCCCCCCCCCC. The summed E-state index contributed by atoms with van der Waals surface area (Å²) in [6.45, 7) is 4.60. The van der Waals surface area contributed by atoms with Gasteiger partial charge in [-0.3, -0.25) is 9.59 Å². The average molecular weight is 937 g/mol. The van der Waals surface area contributed by atoms with Gasteiger partial charge in [0.05, 0.1) is 34.4 Å². The van der Waals surface area contributed by atoms with Crippen LogP contribution in [0.4, 0.5) is 0 Å². The summed E-state index contributed by atoms with van der Waals surface area (Å²) >= 11 is 0. The normalized spacial score (nSPS) is 13.5. The first kappa shape index (κ1) is 63.5. The summed E-state index contributed by atoms with van der Waals surface area (Å²) in [6, 6.07) is -0.626. The van der Waals surface area contributed by atoms with Gasteiger partial charge in [-0.2, -0.15) is 0 Å². The Balaban J connectivity index is 4.30. The number of aliphatic carboxylic acids is 1. The molecular formula is C59H102NO7+. The van der Waals surface area contributed by atoms with E-state index in [2.05, 4.69) is 98.9 Å². The molecule has 0 saturated carbocycles. The molecule has 0 aliphatic carbocycles. The maximum atomic E-state index is 12.8. The fourth-order valence-electron chi connectivity index (χ4n) is 7.62. The number of carboxylic acid groups (broad SMARTS) is 1. The lowest BCUT2D eigenvalue weighted by Crippen LogP contribution is -2.50. The van der Waals surface area contributed by atoms with Gasteiger partial charge in [-0.25, -0.2) is 4.79 Å². The molecule has 0 aromatic rings. The molecular weight excluding hydrogens is 835 g/mol. The Bertz CT molecular complexity index is 1370. The Morgan fingerprint density at radius 3 is 1.27 bits per heavy atom. The molecule has 0 aromatic heterocycles. The zero-order valence-corrected chi connectivity index (χ0v) is 43.8. The van der Waals surface area contributed by atoms with E-state index in [-0.39, 0.29) is 36.2 Å². The molecule has 2 atom stereocenters. The molecule has 0 aromatic carbocycles. The third-order valence-electron chi connectivity index (χ3n) is 11.8. The van der Waals surface area contributed by atoms with Crippen LogP contribution in [0.5, 0.6) is 0 Å². The van der Waals surface area contributed by atoms with E-state index in [0.29, 0.717) is 19.3 Å². The van der Waals surface area contributed by atoms with Crippen LogP contribution in [0.15, 0.2) is 85.1 Å². The summed E-state index contributed by atoms with van der Waals surface area (Å²) in [5.41, 5.74) is 0. The molecule has 0 heterocycles. The molecule has 0 fully saturated rings. The highest BCUT2D eigenvalue weighted by Crippen LogP contribution is 2.15. The van der Waals surface area contributed by atoms with E-state index in [1.165, 1.54) is 103 Å². The molecule has 0 radical (unpaired) electrons. The van der Waals surface area contributed by atoms with Crippen LogP contribution in [0.3, 0.4) is 0 Å². The molecule has 8 nitrogen and oxygen atoms in total. The van der Waals surface area contributed by atoms with Crippen LogP contribution in [0.2, 0.25) is 0 Å². The molecule has 67 heavy (non-hydrogen) atoms. The highest BCUT2D eigenvalue weighted by Gasteiger charge is 2.31. The number of carbonyl (C=O) groups excluding carboxylic acids is 2. The topological polar surface area (TPSA) is 99.1 Å². The first-order chi connectivity index (χ1) is 32.6. The number of quaternary nitrogens is 1. The van der Waals surface area contributed by atoms with E-state index in [1.807, 2.05) is 21.1 Å². The zero-order chi connectivity index (χ0) is 49.2. The Hall–Kier alpha value is -3.49. The fraction of sp³-hybridized carbons (Fsp3) is 0.712. The summed E-state index contributed by atoms with van der Waals surface area (Å²) in [6.07, 6.45) is 65.0. The molecule has 1 N–H and O–H groups in total. The number of esters is 2. The second-order valence-corrected chi connectivity index (χ2v) is 19.1. The Morgan fingerprint density at radius 2 is 0.836 bits per heavy atom. The third-order valence-corrected chi connectivity index (χ3v) is 11.8. The second-order valence-electron chi connectivity index (χ2n) is 19.1. The number of unbranched alkanes of at least 4 members (excludes halogenated alkanes) is 20. The number of allylic oxidation sites excluding steroid dienone is 14. The van der Waals surface area contributed by atoms with Crippen LogP contribution in [0.25, 0.3) is 0 Å². The van der Waals surface area contributed by atoms with Gasteiger partial charge in [-0.05, 0) is 89.9 Å². The van der Waals surface area contributed by atoms with Gasteiger partial charge in [0.25, 0.3) is 0 Å². The van der Waals surface area contributed by atoms with E-state index in [0.717, 1.165) is 83.5 Å². The lowest BCUT2D eigenvalue weighted by atomic mass is 10.1. The van der Waals surface area contributed by atoms with Gasteiger partial charge in [0.15, 0.2) is 12.1 Å². The maximum Gasteiger partial charge on any atom is 0.362 e. The average Bonchev–Trinajstić information content (AvgIpc) is 3.29. The lowest BCUT2D eigenvalue weighted by Gasteiger charge is -2.31. The molecule has 384 valence electrons. The van der Waals surface area contributed by atoms with Crippen LogP contribution in [0, 0.1) is 0 Å². The quantitative estimate of drug-likeness (QED) is 0.0281. The number of hydrogen-bond donors (Lipinski definition) is 1. The number of hydrogen-bond acceptors (Lipinski definition) is 6.